The van der Waals surface area contributed by atoms with Gasteiger partial charge >= 0.3 is 0 Å². The average molecular weight is 274 g/mol. The topological polar surface area (TPSA) is 52.5 Å². The molecule has 0 bridgehead atoms. The normalized spacial score (nSPS) is 10.8. The van der Waals surface area contributed by atoms with Gasteiger partial charge in [-0.3, -0.25) is 0 Å². The fraction of sp³-hybridized carbons (Fsp3) is 0.0714. The van der Waals surface area contributed by atoms with Crippen LogP contribution in [0.25, 0.3) is 5.65 Å². The predicted octanol–water partition coefficient (Wildman–Crippen LogP) is 3.15. The Balaban J connectivity index is 1.80. The molecule has 0 amide bonds. The molecule has 5 heteroatoms. The largest absolute Gasteiger partial charge is 0.487 e. The fourth-order valence-electron chi connectivity index (χ4n) is 1.86. The van der Waals surface area contributed by atoms with Crippen LogP contribution in [0.5, 0.6) is 5.75 Å². The van der Waals surface area contributed by atoms with Crippen LogP contribution in [0.15, 0.2) is 48.8 Å². The van der Waals surface area contributed by atoms with Gasteiger partial charge in [-0.15, -0.1) is 0 Å². The van der Waals surface area contributed by atoms with Crippen LogP contribution in [-0.2, 0) is 6.61 Å². The number of halogens is 1. The summed E-state index contributed by atoms with van der Waals surface area (Å²) in [6, 6.07) is 11.0. The summed E-state index contributed by atoms with van der Waals surface area (Å²) in [6.07, 6.45) is 3.80. The molecule has 0 saturated heterocycles. The van der Waals surface area contributed by atoms with Crippen molar-refractivity contribution >= 4 is 22.9 Å². The van der Waals surface area contributed by atoms with Gasteiger partial charge in [-0.05, 0) is 24.3 Å². The number of hydrogen-bond acceptors (Lipinski definition) is 3. The molecule has 96 valence electrons. The molecule has 4 nitrogen and oxygen atoms in total. The molecule has 0 spiro atoms. The van der Waals surface area contributed by atoms with E-state index in [-0.39, 0.29) is 0 Å². The van der Waals surface area contributed by atoms with Crippen molar-refractivity contribution in [3.8, 4) is 5.75 Å². The van der Waals surface area contributed by atoms with Crippen molar-refractivity contribution in [3.63, 3.8) is 0 Å². The van der Waals surface area contributed by atoms with Crippen molar-refractivity contribution < 1.29 is 4.74 Å². The van der Waals surface area contributed by atoms with Gasteiger partial charge in [0.2, 0.25) is 0 Å². The lowest BCUT2D eigenvalue weighted by molar-refractivity contribution is 0.302. The first kappa shape index (κ1) is 11.9. The van der Waals surface area contributed by atoms with E-state index >= 15 is 0 Å². The summed E-state index contributed by atoms with van der Waals surface area (Å²) in [5, 5.41) is 0.623. The van der Waals surface area contributed by atoms with E-state index in [0.717, 1.165) is 17.1 Å². The van der Waals surface area contributed by atoms with Crippen molar-refractivity contribution in [2.75, 3.05) is 5.73 Å². The summed E-state index contributed by atoms with van der Waals surface area (Å²) in [7, 11) is 0. The van der Waals surface area contributed by atoms with E-state index in [2.05, 4.69) is 4.98 Å². The first-order valence-electron chi connectivity index (χ1n) is 5.83. The lowest BCUT2D eigenvalue weighted by Gasteiger charge is -2.04. The van der Waals surface area contributed by atoms with Crippen molar-refractivity contribution in [2.45, 2.75) is 6.61 Å². The van der Waals surface area contributed by atoms with Gasteiger partial charge in [0.1, 0.15) is 12.4 Å². The summed E-state index contributed by atoms with van der Waals surface area (Å²) in [5.41, 5.74) is 7.92. The first-order valence-corrected chi connectivity index (χ1v) is 6.20. The van der Waals surface area contributed by atoms with E-state index in [0.29, 0.717) is 17.3 Å². The fourth-order valence-corrected chi connectivity index (χ4v) is 2.07. The van der Waals surface area contributed by atoms with Crippen LogP contribution in [0.3, 0.4) is 0 Å². The Labute approximate surface area is 115 Å². The van der Waals surface area contributed by atoms with Crippen molar-refractivity contribution in [1.29, 1.82) is 0 Å². The number of hydrogen-bond donors (Lipinski definition) is 1. The molecule has 0 aliphatic rings. The summed E-state index contributed by atoms with van der Waals surface area (Å²) in [4.78, 5) is 4.42. The third kappa shape index (κ3) is 2.48. The second-order valence-corrected chi connectivity index (χ2v) is 4.59. The van der Waals surface area contributed by atoms with Crippen molar-refractivity contribution in [2.24, 2.45) is 0 Å². The molecule has 0 unspecified atom stereocenters. The second-order valence-electron chi connectivity index (χ2n) is 4.18. The zero-order chi connectivity index (χ0) is 13.2. The van der Waals surface area contributed by atoms with Crippen LogP contribution >= 0.6 is 11.6 Å². The molecule has 3 rings (SSSR count). The number of anilines is 1. The summed E-state index contributed by atoms with van der Waals surface area (Å²) in [6.45, 7) is 0.376. The van der Waals surface area contributed by atoms with Crippen LogP contribution in [0.1, 0.15) is 5.69 Å². The highest BCUT2D eigenvalue weighted by molar-refractivity contribution is 6.33. The van der Waals surface area contributed by atoms with Gasteiger partial charge in [-0.1, -0.05) is 17.7 Å². The number of rotatable bonds is 3. The quantitative estimate of drug-likeness (QED) is 0.746. The number of imidazole rings is 1. The number of nitrogen functional groups attached to an aromatic ring is 1. The van der Waals surface area contributed by atoms with Crippen LogP contribution in [0.2, 0.25) is 5.02 Å². The average Bonchev–Trinajstić information content (AvgIpc) is 2.81. The lowest BCUT2D eigenvalue weighted by atomic mass is 10.3. The molecule has 1 aromatic carbocycles. The number of ether oxygens (including phenoxy) is 1. The Kier molecular flexibility index (Phi) is 3.01. The standard InChI is InChI=1S/C14H12ClN3O/c15-13-5-2-6-18-8-11(17-14(13)18)9-19-12-4-1-3-10(16)7-12/h1-8H,9,16H2. The highest BCUT2D eigenvalue weighted by atomic mass is 35.5. The molecule has 0 aliphatic heterocycles. The van der Waals surface area contributed by atoms with Crippen LogP contribution in [0.4, 0.5) is 5.69 Å². The zero-order valence-electron chi connectivity index (χ0n) is 10.1. The number of nitrogens with zero attached hydrogens (tertiary/aromatic N) is 2. The Morgan fingerprint density at radius 2 is 2.16 bits per heavy atom. The van der Waals surface area contributed by atoms with E-state index in [1.807, 2.05) is 47.1 Å². The molecule has 0 aliphatic carbocycles. The van der Waals surface area contributed by atoms with Crippen molar-refractivity contribution in [1.82, 2.24) is 9.38 Å². The minimum absolute atomic E-state index is 0.376. The van der Waals surface area contributed by atoms with E-state index in [1.54, 1.807) is 6.07 Å². The van der Waals surface area contributed by atoms with Crippen LogP contribution in [-0.4, -0.2) is 9.38 Å². The highest BCUT2D eigenvalue weighted by Gasteiger charge is 2.05. The summed E-state index contributed by atoms with van der Waals surface area (Å²) < 4.78 is 7.52. The Hall–Kier alpha value is -2.20. The third-order valence-corrected chi connectivity index (χ3v) is 3.02. The second kappa shape index (κ2) is 4.82. The van der Waals surface area contributed by atoms with Gasteiger partial charge in [0.05, 0.1) is 10.7 Å². The summed E-state index contributed by atoms with van der Waals surface area (Å²) >= 11 is 6.07. The van der Waals surface area contributed by atoms with Gasteiger partial charge in [-0.25, -0.2) is 4.98 Å². The van der Waals surface area contributed by atoms with E-state index in [4.69, 9.17) is 22.1 Å². The maximum atomic E-state index is 6.07. The molecule has 2 aromatic heterocycles. The predicted molar refractivity (Wildman–Crippen MR) is 75.4 cm³/mol. The minimum Gasteiger partial charge on any atom is -0.487 e. The van der Waals surface area contributed by atoms with Gasteiger partial charge in [0.25, 0.3) is 0 Å². The number of nitrogens with two attached hydrogens (primary N) is 1. The van der Waals surface area contributed by atoms with Gasteiger partial charge in [0, 0.05) is 24.1 Å². The minimum atomic E-state index is 0.376. The molecule has 0 atom stereocenters. The Bertz CT molecular complexity index is 724. The van der Waals surface area contributed by atoms with Crippen molar-refractivity contribution in [3.05, 3.63) is 59.5 Å². The molecular formula is C14H12ClN3O. The van der Waals surface area contributed by atoms with E-state index in [1.165, 1.54) is 0 Å². The number of pyridine rings is 1. The maximum absolute atomic E-state index is 6.07. The van der Waals surface area contributed by atoms with E-state index < -0.39 is 0 Å². The molecule has 3 aromatic rings. The molecule has 0 saturated carbocycles. The summed E-state index contributed by atoms with van der Waals surface area (Å²) in [5.74, 6) is 0.725. The third-order valence-electron chi connectivity index (χ3n) is 2.73. The molecule has 0 fully saturated rings. The Morgan fingerprint density at radius 3 is 2.95 bits per heavy atom. The van der Waals surface area contributed by atoms with Gasteiger partial charge in [0.15, 0.2) is 5.65 Å². The van der Waals surface area contributed by atoms with Gasteiger partial charge < -0.3 is 14.9 Å². The smallest absolute Gasteiger partial charge is 0.155 e. The zero-order valence-corrected chi connectivity index (χ0v) is 10.8. The maximum Gasteiger partial charge on any atom is 0.155 e. The molecule has 19 heavy (non-hydrogen) atoms. The number of benzene rings is 1. The Morgan fingerprint density at radius 1 is 1.26 bits per heavy atom. The SMILES string of the molecule is Nc1cccc(OCc2cn3cccc(Cl)c3n2)c1. The molecule has 0 radical (unpaired) electrons. The number of fused-ring (bicyclic) bond motifs is 1. The molecular weight excluding hydrogens is 262 g/mol. The van der Waals surface area contributed by atoms with E-state index in [9.17, 15) is 0 Å². The van der Waals surface area contributed by atoms with Crippen LogP contribution < -0.4 is 10.5 Å². The monoisotopic (exact) mass is 273 g/mol. The number of aromatic nitrogens is 2. The molecule has 2 N–H and O–H groups in total. The highest BCUT2D eigenvalue weighted by Crippen LogP contribution is 2.18. The first-order chi connectivity index (χ1) is 9.22. The molecule has 2 heterocycles. The lowest BCUT2D eigenvalue weighted by Crippen LogP contribution is -1.96. The van der Waals surface area contributed by atoms with Crippen LogP contribution in [0, 0.1) is 0 Å². The van der Waals surface area contributed by atoms with Gasteiger partial charge in [-0.2, -0.15) is 0 Å².